The molecule has 0 aliphatic carbocycles. The highest BCUT2D eigenvalue weighted by molar-refractivity contribution is 7.91. The van der Waals surface area contributed by atoms with Crippen LogP contribution in [0.2, 0.25) is 0 Å². The summed E-state index contributed by atoms with van der Waals surface area (Å²) >= 11 is 0. The minimum absolute atomic E-state index is 0.0588. The second kappa shape index (κ2) is 10.4. The molecule has 2 aromatic rings. The Morgan fingerprint density at radius 1 is 1.17 bits per heavy atom. The number of piperidine rings is 1. The fourth-order valence-electron chi connectivity index (χ4n) is 4.00. The van der Waals surface area contributed by atoms with Crippen molar-refractivity contribution in [3.05, 3.63) is 47.8 Å². The van der Waals surface area contributed by atoms with Gasteiger partial charge in [0.1, 0.15) is 0 Å². The highest BCUT2D eigenvalue weighted by Gasteiger charge is 2.24. The maximum atomic E-state index is 12.4. The summed E-state index contributed by atoms with van der Waals surface area (Å²) in [5.74, 6) is 0.823. The standard InChI is InChI=1S/C22H33N3O3S/c1-3-29(26,27)22-23-17-21(25(22)15-16-28-2)18-24-13-11-20(12-14-24)10-9-19-7-5-4-6-8-19/h4-8,17,20H,3,9-16,18H2,1-2H3. The Morgan fingerprint density at radius 2 is 1.90 bits per heavy atom. The van der Waals surface area contributed by atoms with E-state index in [4.69, 9.17) is 4.74 Å². The summed E-state index contributed by atoms with van der Waals surface area (Å²) < 4.78 is 31.8. The number of aromatic nitrogens is 2. The van der Waals surface area contributed by atoms with Gasteiger partial charge in [-0.2, -0.15) is 0 Å². The third-order valence-corrected chi connectivity index (χ3v) is 7.50. The summed E-state index contributed by atoms with van der Waals surface area (Å²) in [6.07, 6.45) is 6.49. The van der Waals surface area contributed by atoms with Gasteiger partial charge in [0.05, 0.1) is 24.3 Å². The van der Waals surface area contributed by atoms with Gasteiger partial charge in [0.2, 0.25) is 15.0 Å². The van der Waals surface area contributed by atoms with Crippen molar-refractivity contribution in [1.29, 1.82) is 0 Å². The van der Waals surface area contributed by atoms with Crippen molar-refractivity contribution in [1.82, 2.24) is 14.5 Å². The van der Waals surface area contributed by atoms with E-state index in [1.54, 1.807) is 20.2 Å². The normalized spacial score (nSPS) is 16.3. The second-order valence-corrected chi connectivity index (χ2v) is 10.00. The smallest absolute Gasteiger partial charge is 0.227 e. The number of likely N-dealkylation sites (tertiary alicyclic amines) is 1. The number of sulfone groups is 1. The van der Waals surface area contributed by atoms with E-state index >= 15 is 0 Å². The van der Waals surface area contributed by atoms with E-state index < -0.39 is 9.84 Å². The van der Waals surface area contributed by atoms with Crippen LogP contribution >= 0.6 is 0 Å². The minimum atomic E-state index is -3.34. The zero-order chi connectivity index (χ0) is 20.7. The van der Waals surface area contributed by atoms with Crippen molar-refractivity contribution in [2.45, 2.75) is 50.9 Å². The van der Waals surface area contributed by atoms with E-state index in [0.29, 0.717) is 13.2 Å². The SMILES string of the molecule is CCS(=O)(=O)c1ncc(CN2CCC(CCc3ccccc3)CC2)n1CCOC. The van der Waals surface area contributed by atoms with Crippen LogP contribution in [0.1, 0.15) is 37.4 Å². The van der Waals surface area contributed by atoms with E-state index in [-0.39, 0.29) is 10.9 Å². The number of methoxy groups -OCH3 is 1. The Labute approximate surface area is 174 Å². The molecule has 0 radical (unpaired) electrons. The van der Waals surface area contributed by atoms with Gasteiger partial charge in [0.25, 0.3) is 0 Å². The van der Waals surface area contributed by atoms with Crippen molar-refractivity contribution < 1.29 is 13.2 Å². The molecule has 29 heavy (non-hydrogen) atoms. The van der Waals surface area contributed by atoms with Gasteiger partial charge in [0.15, 0.2) is 0 Å². The molecule has 0 amide bonds. The molecule has 0 atom stereocenters. The summed E-state index contributed by atoms with van der Waals surface area (Å²) in [6, 6.07) is 10.7. The first-order chi connectivity index (χ1) is 14.0. The molecule has 3 rings (SSSR count). The highest BCUT2D eigenvalue weighted by Crippen LogP contribution is 2.24. The van der Waals surface area contributed by atoms with Crippen molar-refractivity contribution >= 4 is 9.84 Å². The lowest BCUT2D eigenvalue weighted by Gasteiger charge is -2.32. The van der Waals surface area contributed by atoms with Crippen molar-refractivity contribution in [3.8, 4) is 0 Å². The molecule has 6 nitrogen and oxygen atoms in total. The fraction of sp³-hybridized carbons (Fsp3) is 0.591. The van der Waals surface area contributed by atoms with Crippen LogP contribution in [-0.4, -0.2) is 55.4 Å². The summed E-state index contributed by atoms with van der Waals surface area (Å²) in [7, 11) is -1.71. The summed E-state index contributed by atoms with van der Waals surface area (Å²) in [6.45, 7) is 5.46. The van der Waals surface area contributed by atoms with Crippen LogP contribution in [0.4, 0.5) is 0 Å². The predicted molar refractivity (Wildman–Crippen MR) is 115 cm³/mol. The van der Waals surface area contributed by atoms with Crippen molar-refractivity contribution in [2.24, 2.45) is 5.92 Å². The average molecular weight is 420 g/mol. The zero-order valence-corrected chi connectivity index (χ0v) is 18.4. The third-order valence-electron chi connectivity index (χ3n) is 5.86. The molecular weight excluding hydrogens is 386 g/mol. The highest BCUT2D eigenvalue weighted by atomic mass is 32.2. The van der Waals surface area contributed by atoms with E-state index in [2.05, 4.69) is 40.2 Å². The number of ether oxygens (including phenoxy) is 1. The van der Waals surface area contributed by atoms with Crippen LogP contribution in [0.5, 0.6) is 0 Å². The molecule has 0 unspecified atom stereocenters. The van der Waals surface area contributed by atoms with Crippen molar-refractivity contribution in [2.75, 3.05) is 32.6 Å². The molecule has 1 aliphatic rings. The van der Waals surface area contributed by atoms with Crippen LogP contribution in [0.3, 0.4) is 0 Å². The number of hydrogen-bond donors (Lipinski definition) is 0. The number of hydrogen-bond acceptors (Lipinski definition) is 5. The molecule has 0 saturated carbocycles. The topological polar surface area (TPSA) is 64.4 Å². The Hall–Kier alpha value is -1.70. The Morgan fingerprint density at radius 3 is 2.55 bits per heavy atom. The lowest BCUT2D eigenvalue weighted by atomic mass is 9.90. The predicted octanol–water partition coefficient (Wildman–Crippen LogP) is 3.17. The van der Waals surface area contributed by atoms with E-state index in [1.807, 2.05) is 4.57 Å². The van der Waals surface area contributed by atoms with Crippen LogP contribution in [-0.2, 0) is 34.1 Å². The third kappa shape index (κ3) is 5.90. The first-order valence-corrected chi connectivity index (χ1v) is 12.2. The maximum absolute atomic E-state index is 12.4. The van der Waals surface area contributed by atoms with Gasteiger partial charge in [-0.3, -0.25) is 4.90 Å². The van der Waals surface area contributed by atoms with Gasteiger partial charge < -0.3 is 9.30 Å². The van der Waals surface area contributed by atoms with Crippen molar-refractivity contribution in [3.63, 3.8) is 0 Å². The number of nitrogens with zero attached hydrogens (tertiary/aromatic N) is 3. The maximum Gasteiger partial charge on any atom is 0.227 e. The van der Waals surface area contributed by atoms with Gasteiger partial charge in [-0.1, -0.05) is 37.3 Å². The number of aryl methyl sites for hydroxylation is 1. The molecule has 7 heteroatoms. The Bertz CT molecular complexity index is 857. The summed E-state index contributed by atoms with van der Waals surface area (Å²) in [5.41, 5.74) is 2.37. The monoisotopic (exact) mass is 419 g/mol. The van der Waals surface area contributed by atoms with Crippen LogP contribution in [0, 0.1) is 5.92 Å². The molecule has 1 saturated heterocycles. The first kappa shape index (κ1) is 22.0. The number of benzene rings is 1. The number of rotatable bonds is 10. The van der Waals surface area contributed by atoms with Crippen LogP contribution < -0.4 is 0 Å². The molecular formula is C22H33N3O3S. The molecule has 1 aliphatic heterocycles. The van der Waals surface area contributed by atoms with Crippen LogP contribution in [0.25, 0.3) is 0 Å². The van der Waals surface area contributed by atoms with Crippen LogP contribution in [0.15, 0.2) is 41.7 Å². The minimum Gasteiger partial charge on any atom is -0.383 e. The van der Waals surface area contributed by atoms with Gasteiger partial charge in [-0.05, 0) is 50.3 Å². The molecule has 0 bridgehead atoms. The molecule has 1 fully saturated rings. The lowest BCUT2D eigenvalue weighted by molar-refractivity contribution is 0.162. The largest absolute Gasteiger partial charge is 0.383 e. The molecule has 2 heterocycles. The lowest BCUT2D eigenvalue weighted by Crippen LogP contribution is -2.34. The zero-order valence-electron chi connectivity index (χ0n) is 17.6. The summed E-state index contributed by atoms with van der Waals surface area (Å²) in [4.78, 5) is 6.67. The average Bonchev–Trinajstić information content (AvgIpc) is 3.15. The summed E-state index contributed by atoms with van der Waals surface area (Å²) in [5, 5.41) is 0.171. The fourth-order valence-corrected chi connectivity index (χ4v) is 5.01. The quantitative estimate of drug-likeness (QED) is 0.592. The van der Waals surface area contributed by atoms with E-state index in [1.165, 1.54) is 24.8 Å². The molecule has 0 N–H and O–H groups in total. The molecule has 0 spiro atoms. The molecule has 1 aromatic carbocycles. The van der Waals surface area contributed by atoms with Gasteiger partial charge >= 0.3 is 0 Å². The van der Waals surface area contributed by atoms with E-state index in [0.717, 1.165) is 37.7 Å². The first-order valence-electron chi connectivity index (χ1n) is 10.6. The molecule has 1 aromatic heterocycles. The number of imidazole rings is 1. The van der Waals surface area contributed by atoms with Gasteiger partial charge in [-0.15, -0.1) is 0 Å². The molecule has 160 valence electrons. The van der Waals surface area contributed by atoms with E-state index in [9.17, 15) is 8.42 Å². The second-order valence-electron chi connectivity index (χ2n) is 7.82. The Balaban J connectivity index is 1.57. The van der Waals surface area contributed by atoms with Gasteiger partial charge in [0, 0.05) is 20.2 Å². The van der Waals surface area contributed by atoms with Gasteiger partial charge in [-0.25, -0.2) is 13.4 Å². The Kier molecular flexibility index (Phi) is 7.86.